The summed E-state index contributed by atoms with van der Waals surface area (Å²) in [7, 11) is 1.90. The molecule has 2 unspecified atom stereocenters. The van der Waals surface area contributed by atoms with Crippen molar-refractivity contribution in [2.75, 3.05) is 19.8 Å². The van der Waals surface area contributed by atoms with Crippen molar-refractivity contribution in [3.05, 3.63) is 18.4 Å². The zero-order valence-corrected chi connectivity index (χ0v) is 11.0. The molecular weight excluding hydrogens is 246 g/mol. The Morgan fingerprint density at radius 2 is 2.37 bits per heavy atom. The minimum Gasteiger partial charge on any atom is -0.379 e. The highest BCUT2D eigenvalue weighted by Gasteiger charge is 2.33. The smallest absolute Gasteiger partial charge is 0.234 e. The standard InChI is InChI=1S/C12H17N5O2/c1-3-14-9-6-18-5-8(9)12-15-11(16-19-12)10-4-13-7-17(10)2/h4,7-9,14H,3,5-6H2,1-2H3. The lowest BCUT2D eigenvalue weighted by Crippen LogP contribution is -2.34. The molecule has 7 heteroatoms. The van der Waals surface area contributed by atoms with Crippen LogP contribution >= 0.6 is 0 Å². The molecule has 0 saturated carbocycles. The van der Waals surface area contributed by atoms with E-state index in [1.807, 2.05) is 11.6 Å². The number of aryl methyl sites for hydroxylation is 1. The summed E-state index contributed by atoms with van der Waals surface area (Å²) in [5, 5.41) is 7.41. The summed E-state index contributed by atoms with van der Waals surface area (Å²) in [6.45, 7) is 4.27. The fourth-order valence-electron chi connectivity index (χ4n) is 2.32. The first-order chi connectivity index (χ1) is 9.29. The molecule has 0 amide bonds. The maximum atomic E-state index is 5.49. The minimum atomic E-state index is 0.120. The van der Waals surface area contributed by atoms with Crippen molar-refractivity contribution >= 4 is 0 Å². The lowest BCUT2D eigenvalue weighted by molar-refractivity contribution is 0.185. The van der Waals surface area contributed by atoms with E-state index in [2.05, 4.69) is 27.4 Å². The van der Waals surface area contributed by atoms with Crippen molar-refractivity contribution in [2.24, 2.45) is 7.05 Å². The van der Waals surface area contributed by atoms with Gasteiger partial charge in [0.15, 0.2) is 0 Å². The van der Waals surface area contributed by atoms with Gasteiger partial charge in [-0.3, -0.25) is 0 Å². The van der Waals surface area contributed by atoms with Crippen molar-refractivity contribution in [3.63, 3.8) is 0 Å². The predicted molar refractivity (Wildman–Crippen MR) is 67.5 cm³/mol. The molecule has 102 valence electrons. The van der Waals surface area contributed by atoms with Gasteiger partial charge in [0.1, 0.15) is 5.69 Å². The number of rotatable bonds is 4. The fourth-order valence-corrected chi connectivity index (χ4v) is 2.32. The SMILES string of the molecule is CCNC1COCC1c1nc(-c2cncn2C)no1. The van der Waals surface area contributed by atoms with E-state index < -0.39 is 0 Å². The molecule has 3 heterocycles. The maximum Gasteiger partial charge on any atom is 0.234 e. The fraction of sp³-hybridized carbons (Fsp3) is 0.583. The van der Waals surface area contributed by atoms with Crippen LogP contribution in [0.25, 0.3) is 11.5 Å². The largest absolute Gasteiger partial charge is 0.379 e. The number of imidazole rings is 1. The highest BCUT2D eigenvalue weighted by Crippen LogP contribution is 2.26. The van der Waals surface area contributed by atoms with Gasteiger partial charge >= 0.3 is 0 Å². The van der Waals surface area contributed by atoms with E-state index in [-0.39, 0.29) is 12.0 Å². The lowest BCUT2D eigenvalue weighted by atomic mass is 10.0. The van der Waals surface area contributed by atoms with Crippen LogP contribution in [-0.2, 0) is 11.8 Å². The molecule has 1 aliphatic rings. The van der Waals surface area contributed by atoms with Gasteiger partial charge in [0, 0.05) is 13.1 Å². The third-order valence-corrected chi connectivity index (χ3v) is 3.35. The van der Waals surface area contributed by atoms with Gasteiger partial charge in [-0.1, -0.05) is 12.1 Å². The Bertz CT molecular complexity index is 550. The molecule has 2 aromatic rings. The van der Waals surface area contributed by atoms with Crippen LogP contribution in [0, 0.1) is 0 Å². The summed E-state index contributed by atoms with van der Waals surface area (Å²) in [6, 6.07) is 0.241. The zero-order chi connectivity index (χ0) is 13.2. The van der Waals surface area contributed by atoms with E-state index >= 15 is 0 Å². The Morgan fingerprint density at radius 3 is 3.11 bits per heavy atom. The van der Waals surface area contributed by atoms with Crippen molar-refractivity contribution in [1.82, 2.24) is 25.0 Å². The lowest BCUT2D eigenvalue weighted by Gasteiger charge is -2.13. The molecule has 3 rings (SSSR count). The summed E-state index contributed by atoms with van der Waals surface area (Å²) >= 11 is 0. The first-order valence-electron chi connectivity index (χ1n) is 6.41. The first kappa shape index (κ1) is 12.3. The van der Waals surface area contributed by atoms with Gasteiger partial charge in [-0.15, -0.1) is 0 Å². The Balaban J connectivity index is 1.83. The summed E-state index contributed by atoms with van der Waals surface area (Å²) in [5.74, 6) is 1.31. The van der Waals surface area contributed by atoms with E-state index in [0.717, 1.165) is 12.2 Å². The van der Waals surface area contributed by atoms with Crippen LogP contribution in [0.4, 0.5) is 0 Å². The molecule has 2 aromatic heterocycles. The van der Waals surface area contributed by atoms with E-state index in [4.69, 9.17) is 9.26 Å². The highest BCUT2D eigenvalue weighted by atomic mass is 16.5. The second kappa shape index (κ2) is 5.10. The molecule has 1 N–H and O–H groups in total. The van der Waals surface area contributed by atoms with Crippen molar-refractivity contribution in [1.29, 1.82) is 0 Å². The van der Waals surface area contributed by atoms with Crippen LogP contribution in [0.5, 0.6) is 0 Å². The molecule has 2 atom stereocenters. The van der Waals surface area contributed by atoms with Crippen LogP contribution in [0.3, 0.4) is 0 Å². The molecule has 0 radical (unpaired) electrons. The number of hydrogen-bond donors (Lipinski definition) is 1. The van der Waals surface area contributed by atoms with Crippen LogP contribution in [0.2, 0.25) is 0 Å². The van der Waals surface area contributed by atoms with Crippen molar-refractivity contribution < 1.29 is 9.26 Å². The van der Waals surface area contributed by atoms with E-state index in [1.54, 1.807) is 12.5 Å². The number of nitrogens with zero attached hydrogens (tertiary/aromatic N) is 4. The summed E-state index contributed by atoms with van der Waals surface area (Å²) in [6.07, 6.45) is 3.44. The Hall–Kier alpha value is -1.73. The Morgan fingerprint density at radius 1 is 1.47 bits per heavy atom. The molecular formula is C12H17N5O2. The topological polar surface area (TPSA) is 78.0 Å². The zero-order valence-electron chi connectivity index (χ0n) is 11.0. The molecule has 1 saturated heterocycles. The Kier molecular flexibility index (Phi) is 3.31. The van der Waals surface area contributed by atoms with Gasteiger partial charge in [-0.2, -0.15) is 4.98 Å². The monoisotopic (exact) mass is 263 g/mol. The summed E-state index contributed by atoms with van der Waals surface area (Å²) in [5.41, 5.74) is 0.842. The van der Waals surface area contributed by atoms with Gasteiger partial charge in [-0.05, 0) is 6.54 Å². The van der Waals surface area contributed by atoms with Crippen molar-refractivity contribution in [3.8, 4) is 11.5 Å². The summed E-state index contributed by atoms with van der Waals surface area (Å²) < 4.78 is 12.7. The summed E-state index contributed by atoms with van der Waals surface area (Å²) in [4.78, 5) is 8.52. The van der Waals surface area contributed by atoms with Crippen molar-refractivity contribution in [2.45, 2.75) is 18.9 Å². The van der Waals surface area contributed by atoms with E-state index in [9.17, 15) is 0 Å². The minimum absolute atomic E-state index is 0.120. The number of ether oxygens (including phenoxy) is 1. The van der Waals surface area contributed by atoms with Gasteiger partial charge in [0.2, 0.25) is 11.7 Å². The number of nitrogens with one attached hydrogen (secondary N) is 1. The third-order valence-electron chi connectivity index (χ3n) is 3.35. The van der Waals surface area contributed by atoms with E-state index in [1.165, 1.54) is 0 Å². The third kappa shape index (κ3) is 2.26. The number of hydrogen-bond acceptors (Lipinski definition) is 6. The predicted octanol–water partition coefficient (Wildman–Crippen LogP) is 0.562. The molecule has 0 bridgehead atoms. The van der Waals surface area contributed by atoms with Gasteiger partial charge in [0.05, 0.1) is 31.7 Å². The Labute approximate surface area is 111 Å². The van der Waals surface area contributed by atoms with Crippen LogP contribution in [0.15, 0.2) is 17.0 Å². The second-order valence-corrected chi connectivity index (χ2v) is 4.65. The van der Waals surface area contributed by atoms with Gasteiger partial charge in [0.25, 0.3) is 0 Å². The molecule has 1 aliphatic heterocycles. The first-order valence-corrected chi connectivity index (χ1v) is 6.41. The molecule has 7 nitrogen and oxygen atoms in total. The quantitative estimate of drug-likeness (QED) is 0.868. The van der Waals surface area contributed by atoms with Gasteiger partial charge < -0.3 is 19.1 Å². The molecule has 0 spiro atoms. The van der Waals surface area contributed by atoms with Crippen LogP contribution in [-0.4, -0.2) is 45.5 Å². The highest BCUT2D eigenvalue weighted by molar-refractivity contribution is 5.47. The molecule has 19 heavy (non-hydrogen) atoms. The average Bonchev–Trinajstić information content (AvgIpc) is 3.08. The number of aromatic nitrogens is 4. The maximum absolute atomic E-state index is 5.49. The molecule has 0 aliphatic carbocycles. The van der Waals surface area contributed by atoms with Crippen LogP contribution in [0.1, 0.15) is 18.7 Å². The number of likely N-dealkylation sites (N-methyl/N-ethyl adjacent to an activating group) is 1. The normalized spacial score (nSPS) is 23.1. The average molecular weight is 263 g/mol. The molecule has 0 aromatic carbocycles. The molecule has 1 fully saturated rings. The second-order valence-electron chi connectivity index (χ2n) is 4.65. The van der Waals surface area contributed by atoms with E-state index in [0.29, 0.717) is 24.9 Å². The van der Waals surface area contributed by atoms with Crippen LogP contribution < -0.4 is 5.32 Å². The van der Waals surface area contributed by atoms with Gasteiger partial charge in [-0.25, -0.2) is 4.98 Å².